The van der Waals surface area contributed by atoms with Crippen LogP contribution >= 0.6 is 12.2 Å². The number of anilines is 1. The lowest BCUT2D eigenvalue weighted by Crippen LogP contribution is -2.45. The molecule has 0 saturated carbocycles. The highest BCUT2D eigenvalue weighted by Crippen LogP contribution is 2.33. The van der Waals surface area contributed by atoms with Crippen molar-refractivity contribution in [1.29, 1.82) is 0 Å². The Labute approximate surface area is 214 Å². The van der Waals surface area contributed by atoms with Crippen LogP contribution in [0.4, 0.5) is 5.69 Å². The monoisotopic (exact) mass is 509 g/mol. The number of hydrogen-bond donors (Lipinski definition) is 4. The van der Waals surface area contributed by atoms with Crippen LogP contribution in [0, 0.1) is 0 Å². The van der Waals surface area contributed by atoms with E-state index in [-0.39, 0.29) is 19.1 Å². The Kier molecular flexibility index (Phi) is 9.12. The van der Waals surface area contributed by atoms with E-state index in [0.29, 0.717) is 33.4 Å². The first kappa shape index (κ1) is 26.4. The summed E-state index contributed by atoms with van der Waals surface area (Å²) >= 11 is 5.28. The van der Waals surface area contributed by atoms with Crippen molar-refractivity contribution in [2.24, 2.45) is 5.10 Å². The van der Waals surface area contributed by atoms with E-state index in [1.165, 1.54) is 13.1 Å². The third kappa shape index (κ3) is 7.12. The van der Waals surface area contributed by atoms with Crippen LogP contribution in [0.25, 0.3) is 0 Å². The number of rotatable bonds is 9. The van der Waals surface area contributed by atoms with Gasteiger partial charge in [0.1, 0.15) is 5.75 Å². The molecule has 2 aromatic rings. The molecular formula is C25H27N5O5S. The number of carbonyl (C=O) groups excluding carboxylic acids is 3. The molecule has 3 rings (SSSR count). The number of allylic oxidation sites excluding steroid dienone is 1. The van der Waals surface area contributed by atoms with E-state index >= 15 is 0 Å². The summed E-state index contributed by atoms with van der Waals surface area (Å²) in [5, 5.41) is 13.0. The average Bonchev–Trinajstić information content (AvgIpc) is 2.83. The predicted octanol–water partition coefficient (Wildman–Crippen LogP) is 2.53. The standard InChI is InChI=1S/C25H27N5O5S/c1-4-34-24(33)22-15(2)27-25(36)29-23(22)19-7-5-6-8-20(19)35-14-21(32)30-26-13-17-9-11-18(12-10-17)28-16(3)31/h5-13,23H,4,14H2,1-3H3,(H,28,31)(H,30,32)(H2,27,29,36)/t23-/m1/s1. The summed E-state index contributed by atoms with van der Waals surface area (Å²) in [5.74, 6) is -0.703. The van der Waals surface area contributed by atoms with Crippen LogP contribution in [0.2, 0.25) is 0 Å². The van der Waals surface area contributed by atoms with Crippen molar-refractivity contribution in [2.75, 3.05) is 18.5 Å². The number of esters is 1. The summed E-state index contributed by atoms with van der Waals surface area (Å²) < 4.78 is 11.0. The maximum absolute atomic E-state index is 12.6. The molecule has 0 spiro atoms. The average molecular weight is 510 g/mol. The topological polar surface area (TPSA) is 130 Å². The molecule has 10 nitrogen and oxygen atoms in total. The van der Waals surface area contributed by atoms with Crippen LogP contribution < -0.4 is 26.1 Å². The minimum Gasteiger partial charge on any atom is -0.483 e. The smallest absolute Gasteiger partial charge is 0.338 e. The first-order chi connectivity index (χ1) is 17.3. The highest BCUT2D eigenvalue weighted by molar-refractivity contribution is 7.80. The molecule has 0 aliphatic carbocycles. The molecular weight excluding hydrogens is 482 g/mol. The Morgan fingerprint density at radius 2 is 1.86 bits per heavy atom. The second-order valence-corrected chi connectivity index (χ2v) is 8.12. The quantitative estimate of drug-likeness (QED) is 0.176. The number of nitrogens with zero attached hydrogens (tertiary/aromatic N) is 1. The minimum atomic E-state index is -0.615. The highest BCUT2D eigenvalue weighted by Gasteiger charge is 2.32. The molecule has 0 saturated heterocycles. The number of carbonyl (C=O) groups is 3. The van der Waals surface area contributed by atoms with Crippen molar-refractivity contribution >= 4 is 47.0 Å². The molecule has 0 unspecified atom stereocenters. The van der Waals surface area contributed by atoms with Gasteiger partial charge in [0, 0.05) is 23.9 Å². The van der Waals surface area contributed by atoms with E-state index in [9.17, 15) is 14.4 Å². The van der Waals surface area contributed by atoms with Gasteiger partial charge in [-0.1, -0.05) is 30.3 Å². The summed E-state index contributed by atoms with van der Waals surface area (Å²) in [6.45, 7) is 4.83. The van der Waals surface area contributed by atoms with Crippen molar-refractivity contribution in [3.8, 4) is 5.75 Å². The largest absolute Gasteiger partial charge is 0.483 e. The van der Waals surface area contributed by atoms with Crippen molar-refractivity contribution in [3.63, 3.8) is 0 Å². The first-order valence-corrected chi connectivity index (χ1v) is 11.6. The van der Waals surface area contributed by atoms with Crippen LogP contribution in [0.15, 0.2) is 64.9 Å². The van der Waals surface area contributed by atoms with Gasteiger partial charge in [-0.05, 0) is 49.8 Å². The van der Waals surface area contributed by atoms with E-state index in [1.807, 2.05) is 0 Å². The third-order valence-electron chi connectivity index (χ3n) is 4.99. The fourth-order valence-electron chi connectivity index (χ4n) is 3.47. The van der Waals surface area contributed by atoms with E-state index in [2.05, 4.69) is 26.5 Å². The Morgan fingerprint density at radius 3 is 2.56 bits per heavy atom. The zero-order chi connectivity index (χ0) is 26.1. The molecule has 188 valence electrons. The van der Waals surface area contributed by atoms with Crippen molar-refractivity contribution in [3.05, 3.63) is 70.9 Å². The summed E-state index contributed by atoms with van der Waals surface area (Å²) in [5.41, 5.74) is 5.38. The van der Waals surface area contributed by atoms with Crippen LogP contribution in [0.1, 0.15) is 37.9 Å². The highest BCUT2D eigenvalue weighted by atomic mass is 32.1. The maximum Gasteiger partial charge on any atom is 0.338 e. The number of hydrogen-bond acceptors (Lipinski definition) is 7. The number of benzene rings is 2. The van der Waals surface area contributed by atoms with E-state index in [4.69, 9.17) is 21.7 Å². The van der Waals surface area contributed by atoms with Gasteiger partial charge in [-0.2, -0.15) is 5.10 Å². The normalized spacial score (nSPS) is 15.1. The number of para-hydroxylation sites is 1. The van der Waals surface area contributed by atoms with E-state index in [1.54, 1.807) is 62.4 Å². The number of ether oxygens (including phenoxy) is 2. The molecule has 1 atom stereocenters. The Hall–Kier alpha value is -4.25. The van der Waals surface area contributed by atoms with Gasteiger partial charge in [0.2, 0.25) is 5.91 Å². The van der Waals surface area contributed by atoms with Crippen LogP contribution in [-0.4, -0.2) is 42.3 Å². The second-order valence-electron chi connectivity index (χ2n) is 7.71. The van der Waals surface area contributed by atoms with Crippen LogP contribution in [0.5, 0.6) is 5.75 Å². The van der Waals surface area contributed by atoms with E-state index in [0.717, 1.165) is 5.56 Å². The fourth-order valence-corrected chi connectivity index (χ4v) is 3.74. The van der Waals surface area contributed by atoms with Gasteiger partial charge >= 0.3 is 5.97 Å². The van der Waals surface area contributed by atoms with Crippen LogP contribution in [0.3, 0.4) is 0 Å². The molecule has 2 aromatic carbocycles. The molecule has 11 heteroatoms. The fraction of sp³-hybridized carbons (Fsp3) is 0.240. The summed E-state index contributed by atoms with van der Waals surface area (Å²) in [4.78, 5) is 36.0. The first-order valence-electron chi connectivity index (χ1n) is 11.1. The molecule has 2 amide bonds. The number of hydrazone groups is 1. The number of amides is 2. The lowest BCUT2D eigenvalue weighted by atomic mass is 9.95. The SMILES string of the molecule is CCOC(=O)C1=C(C)NC(=S)N[C@@H]1c1ccccc1OCC(=O)NN=Cc1ccc(NC(C)=O)cc1. The zero-order valence-electron chi connectivity index (χ0n) is 20.1. The molecule has 1 aliphatic heterocycles. The molecule has 0 radical (unpaired) electrons. The van der Waals surface area contributed by atoms with Gasteiger partial charge in [0.15, 0.2) is 11.7 Å². The number of thiocarbonyl (C=S) groups is 1. The summed E-state index contributed by atoms with van der Waals surface area (Å²) in [6.07, 6.45) is 1.47. The predicted molar refractivity (Wildman–Crippen MR) is 139 cm³/mol. The van der Waals surface area contributed by atoms with Gasteiger partial charge in [-0.3, -0.25) is 9.59 Å². The molecule has 0 bridgehead atoms. The van der Waals surface area contributed by atoms with Gasteiger partial charge in [0.25, 0.3) is 5.91 Å². The van der Waals surface area contributed by atoms with Gasteiger partial charge in [-0.25, -0.2) is 10.2 Å². The second kappa shape index (κ2) is 12.5. The van der Waals surface area contributed by atoms with Crippen molar-refractivity contribution in [2.45, 2.75) is 26.8 Å². The summed E-state index contributed by atoms with van der Waals surface area (Å²) in [7, 11) is 0. The van der Waals surface area contributed by atoms with Gasteiger partial charge < -0.3 is 25.4 Å². The lowest BCUT2D eigenvalue weighted by molar-refractivity contribution is -0.139. The van der Waals surface area contributed by atoms with Crippen LogP contribution in [-0.2, 0) is 19.1 Å². The van der Waals surface area contributed by atoms with E-state index < -0.39 is 17.9 Å². The number of nitrogens with one attached hydrogen (secondary N) is 4. The van der Waals surface area contributed by atoms with Gasteiger partial charge in [-0.15, -0.1) is 0 Å². The Morgan fingerprint density at radius 1 is 1.14 bits per heavy atom. The molecule has 36 heavy (non-hydrogen) atoms. The molecule has 0 aromatic heterocycles. The Bertz CT molecular complexity index is 1210. The Balaban J connectivity index is 1.65. The third-order valence-corrected chi connectivity index (χ3v) is 5.21. The minimum absolute atomic E-state index is 0.160. The zero-order valence-corrected chi connectivity index (χ0v) is 20.9. The van der Waals surface area contributed by atoms with Crippen molar-refractivity contribution in [1.82, 2.24) is 16.1 Å². The lowest BCUT2D eigenvalue weighted by Gasteiger charge is -2.30. The molecule has 1 aliphatic rings. The molecule has 1 heterocycles. The maximum atomic E-state index is 12.6. The molecule has 0 fully saturated rings. The van der Waals surface area contributed by atoms with Gasteiger partial charge in [0.05, 0.1) is 24.4 Å². The molecule has 4 N–H and O–H groups in total. The summed E-state index contributed by atoms with van der Waals surface area (Å²) in [6, 6.07) is 13.4. The van der Waals surface area contributed by atoms with Crippen molar-refractivity contribution < 1.29 is 23.9 Å².